The van der Waals surface area contributed by atoms with E-state index in [0.29, 0.717) is 17.3 Å². The lowest BCUT2D eigenvalue weighted by atomic mass is 9.80. The Bertz CT molecular complexity index is 910. The van der Waals surface area contributed by atoms with Gasteiger partial charge < -0.3 is 14.9 Å². The van der Waals surface area contributed by atoms with Gasteiger partial charge in [-0.1, -0.05) is 35.5 Å². The van der Waals surface area contributed by atoms with E-state index in [1.165, 1.54) is 0 Å². The molecule has 7 nitrogen and oxygen atoms in total. The molecule has 0 radical (unpaired) electrons. The molecular weight excluding hydrogens is 344 g/mol. The van der Waals surface area contributed by atoms with Crippen molar-refractivity contribution in [3.05, 3.63) is 60.1 Å². The van der Waals surface area contributed by atoms with E-state index in [-0.39, 0.29) is 17.7 Å². The lowest BCUT2D eigenvalue weighted by molar-refractivity contribution is 0.0842. The van der Waals surface area contributed by atoms with Crippen molar-refractivity contribution in [1.29, 1.82) is 0 Å². The van der Waals surface area contributed by atoms with Crippen molar-refractivity contribution in [2.75, 3.05) is 0 Å². The van der Waals surface area contributed by atoms with E-state index in [9.17, 15) is 9.90 Å². The van der Waals surface area contributed by atoms with E-state index in [2.05, 4.69) is 15.6 Å². The largest absolute Gasteiger partial charge is 0.387 e. The average Bonchev–Trinajstić information content (AvgIpc) is 3.30. The highest BCUT2D eigenvalue weighted by Gasteiger charge is 2.31. The minimum Gasteiger partial charge on any atom is -0.387 e. The fourth-order valence-corrected chi connectivity index (χ4v) is 3.35. The van der Waals surface area contributed by atoms with Gasteiger partial charge in [-0.3, -0.25) is 9.48 Å². The van der Waals surface area contributed by atoms with Gasteiger partial charge in [0.2, 0.25) is 5.76 Å². The fraction of sp³-hybridized carbons (Fsp3) is 0.350. The molecule has 1 atom stereocenters. The number of carbonyl (C=O) groups excluding carboxylic acids is 1. The molecule has 2 aromatic heterocycles. The van der Waals surface area contributed by atoms with Gasteiger partial charge in [0.05, 0.1) is 11.8 Å². The van der Waals surface area contributed by atoms with Crippen LogP contribution in [0.15, 0.2) is 53.2 Å². The topological polar surface area (TPSA) is 93.2 Å². The fourth-order valence-electron chi connectivity index (χ4n) is 3.35. The van der Waals surface area contributed by atoms with Gasteiger partial charge in [0, 0.05) is 30.4 Å². The third kappa shape index (κ3) is 3.93. The summed E-state index contributed by atoms with van der Waals surface area (Å²) in [5.74, 6) is 0.459. The number of benzene rings is 1. The van der Waals surface area contributed by atoms with Crippen LogP contribution in [0.25, 0.3) is 11.3 Å². The van der Waals surface area contributed by atoms with Crippen LogP contribution in [0.5, 0.6) is 0 Å². The molecule has 2 heterocycles. The molecule has 3 aromatic rings. The molecule has 1 aromatic carbocycles. The molecule has 0 spiro atoms. The lowest BCUT2D eigenvalue weighted by Gasteiger charge is -2.35. The molecule has 140 valence electrons. The van der Waals surface area contributed by atoms with Gasteiger partial charge >= 0.3 is 0 Å². The molecule has 2 N–H and O–H groups in total. The number of hydrogen-bond donors (Lipinski definition) is 2. The normalized spacial score (nSPS) is 20.1. The van der Waals surface area contributed by atoms with Gasteiger partial charge in [0.1, 0.15) is 5.69 Å². The van der Waals surface area contributed by atoms with Crippen molar-refractivity contribution < 1.29 is 14.4 Å². The monoisotopic (exact) mass is 366 g/mol. The standard InChI is InChI=1S/C20H22N4O3/c1-13(25)17-7-8-24(22-17)12-14-9-16(10-14)21-20(26)19-11-18(23-27-19)15-5-3-2-4-6-15/h2-8,11,13-14,16,25H,9-10,12H2,1H3,(H,21,26)/t13-,14-,16-/m0/s1. The summed E-state index contributed by atoms with van der Waals surface area (Å²) >= 11 is 0. The van der Waals surface area contributed by atoms with E-state index < -0.39 is 6.10 Å². The maximum atomic E-state index is 12.3. The maximum absolute atomic E-state index is 12.3. The van der Waals surface area contributed by atoms with Crippen LogP contribution in [0.1, 0.15) is 42.1 Å². The number of nitrogens with one attached hydrogen (secondary N) is 1. The molecule has 1 aliphatic carbocycles. The van der Waals surface area contributed by atoms with E-state index in [1.807, 2.05) is 47.3 Å². The Balaban J connectivity index is 1.27. The first kappa shape index (κ1) is 17.5. The molecule has 7 heteroatoms. The van der Waals surface area contributed by atoms with Crippen LogP contribution in [0.2, 0.25) is 0 Å². The summed E-state index contributed by atoms with van der Waals surface area (Å²) in [7, 11) is 0. The quantitative estimate of drug-likeness (QED) is 0.700. The zero-order valence-corrected chi connectivity index (χ0v) is 15.1. The molecule has 0 saturated heterocycles. The Morgan fingerprint density at radius 3 is 2.81 bits per heavy atom. The van der Waals surface area contributed by atoms with Gasteiger partial charge in [-0.15, -0.1) is 0 Å². The summed E-state index contributed by atoms with van der Waals surface area (Å²) < 4.78 is 7.05. The molecule has 1 saturated carbocycles. The highest BCUT2D eigenvalue weighted by atomic mass is 16.5. The second kappa shape index (κ2) is 7.36. The summed E-state index contributed by atoms with van der Waals surface area (Å²) in [6, 6.07) is 13.3. The molecule has 1 aliphatic rings. The predicted molar refractivity (Wildman–Crippen MR) is 98.8 cm³/mol. The van der Waals surface area contributed by atoms with Crippen LogP contribution in [0.4, 0.5) is 0 Å². The number of rotatable bonds is 6. The number of hydrogen-bond acceptors (Lipinski definition) is 5. The summed E-state index contributed by atoms with van der Waals surface area (Å²) in [5, 5.41) is 20.9. The third-order valence-corrected chi connectivity index (χ3v) is 4.91. The highest BCUT2D eigenvalue weighted by Crippen LogP contribution is 2.29. The lowest BCUT2D eigenvalue weighted by Crippen LogP contribution is -2.45. The van der Waals surface area contributed by atoms with Crippen LogP contribution >= 0.6 is 0 Å². The highest BCUT2D eigenvalue weighted by molar-refractivity contribution is 5.92. The van der Waals surface area contributed by atoms with Crippen LogP contribution in [-0.4, -0.2) is 32.0 Å². The molecule has 4 rings (SSSR count). The van der Waals surface area contributed by atoms with Crippen molar-refractivity contribution >= 4 is 5.91 Å². The molecule has 1 amide bonds. The second-order valence-corrected chi connectivity index (χ2v) is 7.09. The number of aromatic nitrogens is 3. The molecular formula is C20H22N4O3. The number of aliphatic hydroxyl groups is 1. The van der Waals surface area contributed by atoms with Gasteiger partial charge in [0.25, 0.3) is 5.91 Å². The Kier molecular flexibility index (Phi) is 4.77. The number of aliphatic hydroxyl groups excluding tert-OH is 1. The summed E-state index contributed by atoms with van der Waals surface area (Å²) in [5.41, 5.74) is 2.25. The minimum atomic E-state index is -0.553. The zero-order valence-electron chi connectivity index (χ0n) is 15.1. The van der Waals surface area contributed by atoms with Crippen LogP contribution < -0.4 is 5.32 Å². The summed E-state index contributed by atoms with van der Waals surface area (Å²) in [6.45, 7) is 2.49. The first-order valence-electron chi connectivity index (χ1n) is 9.13. The maximum Gasteiger partial charge on any atom is 0.290 e. The molecule has 27 heavy (non-hydrogen) atoms. The van der Waals surface area contributed by atoms with E-state index in [1.54, 1.807) is 13.0 Å². The number of amides is 1. The van der Waals surface area contributed by atoms with Crippen molar-refractivity contribution in [1.82, 2.24) is 20.3 Å². The van der Waals surface area contributed by atoms with Gasteiger partial charge in [-0.2, -0.15) is 5.10 Å². The summed E-state index contributed by atoms with van der Waals surface area (Å²) in [6.07, 6.45) is 3.13. The Morgan fingerprint density at radius 1 is 1.33 bits per heavy atom. The Labute approximate surface area is 157 Å². The first-order chi connectivity index (χ1) is 13.1. The van der Waals surface area contributed by atoms with Gasteiger partial charge in [-0.05, 0) is 31.7 Å². The Hall–Kier alpha value is -2.93. The van der Waals surface area contributed by atoms with Crippen molar-refractivity contribution in [3.8, 4) is 11.3 Å². The van der Waals surface area contributed by atoms with E-state index in [4.69, 9.17) is 4.52 Å². The molecule has 0 aliphatic heterocycles. The average molecular weight is 366 g/mol. The van der Waals surface area contributed by atoms with Gasteiger partial charge in [-0.25, -0.2) is 0 Å². The number of nitrogens with zero attached hydrogens (tertiary/aromatic N) is 3. The van der Waals surface area contributed by atoms with E-state index in [0.717, 1.165) is 24.9 Å². The predicted octanol–water partition coefficient (Wildman–Crippen LogP) is 2.80. The minimum absolute atomic E-state index is 0.138. The van der Waals surface area contributed by atoms with Crippen LogP contribution in [0, 0.1) is 5.92 Å². The SMILES string of the molecule is C[C@H](O)c1ccn(C[C@H]2C[C@H](NC(=O)c3cc(-c4ccccc4)no3)C2)n1. The molecule has 1 fully saturated rings. The van der Waals surface area contributed by atoms with Crippen LogP contribution in [0.3, 0.4) is 0 Å². The third-order valence-electron chi connectivity index (χ3n) is 4.91. The summed E-state index contributed by atoms with van der Waals surface area (Å²) in [4.78, 5) is 12.3. The smallest absolute Gasteiger partial charge is 0.290 e. The first-order valence-corrected chi connectivity index (χ1v) is 9.13. The van der Waals surface area contributed by atoms with Crippen LogP contribution in [-0.2, 0) is 6.54 Å². The van der Waals surface area contributed by atoms with Gasteiger partial charge in [0.15, 0.2) is 0 Å². The van der Waals surface area contributed by atoms with E-state index >= 15 is 0 Å². The van der Waals surface area contributed by atoms with Crippen molar-refractivity contribution in [3.63, 3.8) is 0 Å². The van der Waals surface area contributed by atoms with Crippen molar-refractivity contribution in [2.45, 2.75) is 38.5 Å². The molecule has 0 unspecified atom stereocenters. The number of carbonyl (C=O) groups is 1. The second-order valence-electron chi connectivity index (χ2n) is 7.09. The zero-order chi connectivity index (χ0) is 18.8. The van der Waals surface area contributed by atoms with Crippen molar-refractivity contribution in [2.24, 2.45) is 5.92 Å². The Morgan fingerprint density at radius 2 is 2.11 bits per heavy atom. The molecule has 0 bridgehead atoms.